The lowest BCUT2D eigenvalue weighted by Gasteiger charge is -2.38. The summed E-state index contributed by atoms with van der Waals surface area (Å²) in [6.07, 6.45) is 1.80. The summed E-state index contributed by atoms with van der Waals surface area (Å²) in [5.41, 5.74) is 5.50. The fraction of sp³-hybridized carbons (Fsp3) is 0.909. The predicted molar refractivity (Wildman–Crippen MR) is 59.4 cm³/mol. The second kappa shape index (κ2) is 5.47. The Morgan fingerprint density at radius 3 is 2.73 bits per heavy atom. The number of rotatable bonds is 3. The quantitative estimate of drug-likeness (QED) is 0.749. The van der Waals surface area contributed by atoms with Gasteiger partial charge in [0, 0.05) is 26.2 Å². The number of ether oxygens (including phenoxy) is 1. The van der Waals surface area contributed by atoms with Gasteiger partial charge in [-0.1, -0.05) is 6.92 Å². The molecule has 15 heavy (non-hydrogen) atoms. The van der Waals surface area contributed by atoms with E-state index >= 15 is 0 Å². The monoisotopic (exact) mass is 214 g/mol. The van der Waals surface area contributed by atoms with E-state index < -0.39 is 6.10 Å². The number of piperidine rings is 1. The number of amides is 1. The van der Waals surface area contributed by atoms with Crippen molar-refractivity contribution in [3.63, 3.8) is 0 Å². The topological polar surface area (TPSA) is 55.6 Å². The van der Waals surface area contributed by atoms with Crippen molar-refractivity contribution in [1.82, 2.24) is 4.90 Å². The van der Waals surface area contributed by atoms with Crippen molar-refractivity contribution in [1.29, 1.82) is 0 Å². The molecule has 0 aromatic carbocycles. The summed E-state index contributed by atoms with van der Waals surface area (Å²) in [6, 6.07) is 0.317. The first-order chi connectivity index (χ1) is 7.10. The smallest absolute Gasteiger partial charge is 0.253 e. The second-order valence-corrected chi connectivity index (χ2v) is 4.48. The highest BCUT2D eigenvalue weighted by atomic mass is 16.5. The summed E-state index contributed by atoms with van der Waals surface area (Å²) in [5.74, 6) is 0.625. The zero-order valence-corrected chi connectivity index (χ0v) is 9.90. The summed E-state index contributed by atoms with van der Waals surface area (Å²) in [4.78, 5) is 13.9. The lowest BCUT2D eigenvalue weighted by molar-refractivity contribution is -0.145. The Bertz CT molecular complexity index is 217. The molecule has 0 radical (unpaired) electrons. The molecule has 4 nitrogen and oxygen atoms in total. The van der Waals surface area contributed by atoms with Crippen LogP contribution in [0.3, 0.4) is 0 Å². The highest BCUT2D eigenvalue weighted by Crippen LogP contribution is 2.22. The van der Waals surface area contributed by atoms with E-state index in [2.05, 4.69) is 13.8 Å². The first-order valence-electron chi connectivity index (χ1n) is 5.63. The van der Waals surface area contributed by atoms with Crippen molar-refractivity contribution < 1.29 is 9.53 Å². The number of carbonyl (C=O) groups excluding carboxylic acids is 1. The van der Waals surface area contributed by atoms with Crippen LogP contribution in [0.15, 0.2) is 0 Å². The minimum Gasteiger partial charge on any atom is -0.370 e. The van der Waals surface area contributed by atoms with Gasteiger partial charge in [-0.2, -0.15) is 0 Å². The Balaban J connectivity index is 2.63. The largest absolute Gasteiger partial charge is 0.370 e. The van der Waals surface area contributed by atoms with E-state index in [1.807, 2.05) is 4.90 Å². The number of hydrogen-bond acceptors (Lipinski definition) is 3. The third kappa shape index (κ3) is 2.92. The summed E-state index contributed by atoms with van der Waals surface area (Å²) < 4.78 is 5.08. The van der Waals surface area contributed by atoms with Crippen molar-refractivity contribution in [3.05, 3.63) is 0 Å². The average molecular weight is 214 g/mol. The van der Waals surface area contributed by atoms with E-state index in [1.54, 1.807) is 0 Å². The Labute approximate surface area is 91.8 Å². The first kappa shape index (κ1) is 12.5. The molecule has 0 bridgehead atoms. The molecular weight excluding hydrogens is 192 g/mol. The Morgan fingerprint density at radius 2 is 2.20 bits per heavy atom. The molecule has 1 fully saturated rings. The molecule has 1 heterocycles. The van der Waals surface area contributed by atoms with Gasteiger partial charge in [-0.05, 0) is 25.7 Å². The minimum atomic E-state index is -0.474. The van der Waals surface area contributed by atoms with Gasteiger partial charge in [-0.25, -0.2) is 0 Å². The van der Waals surface area contributed by atoms with Crippen molar-refractivity contribution in [2.24, 2.45) is 11.7 Å². The number of hydrogen-bond donors (Lipinski definition) is 1. The summed E-state index contributed by atoms with van der Waals surface area (Å²) >= 11 is 0. The third-order valence-corrected chi connectivity index (χ3v) is 3.17. The summed E-state index contributed by atoms with van der Waals surface area (Å²) in [6.45, 7) is 5.36. The molecule has 3 atom stereocenters. The number of likely N-dealkylation sites (tertiary alicyclic amines) is 1. The van der Waals surface area contributed by atoms with Crippen LogP contribution in [0, 0.1) is 5.92 Å². The van der Waals surface area contributed by atoms with Crippen LogP contribution in [0.4, 0.5) is 0 Å². The van der Waals surface area contributed by atoms with Crippen LogP contribution in [0.2, 0.25) is 0 Å². The van der Waals surface area contributed by atoms with E-state index in [9.17, 15) is 4.79 Å². The normalized spacial score (nSPS) is 28.9. The molecule has 1 aliphatic rings. The average Bonchev–Trinajstić information content (AvgIpc) is 2.23. The van der Waals surface area contributed by atoms with Crippen LogP contribution in [-0.2, 0) is 9.53 Å². The van der Waals surface area contributed by atoms with Gasteiger partial charge in [0.1, 0.15) is 6.10 Å². The van der Waals surface area contributed by atoms with Crippen LogP contribution >= 0.6 is 0 Å². The Hall–Kier alpha value is -0.610. The van der Waals surface area contributed by atoms with Crippen molar-refractivity contribution in [3.8, 4) is 0 Å². The first-order valence-corrected chi connectivity index (χ1v) is 5.63. The number of nitrogens with two attached hydrogens (primary N) is 1. The third-order valence-electron chi connectivity index (χ3n) is 3.17. The van der Waals surface area contributed by atoms with E-state index in [0.29, 0.717) is 12.0 Å². The van der Waals surface area contributed by atoms with Crippen LogP contribution < -0.4 is 5.73 Å². The van der Waals surface area contributed by atoms with Crippen LogP contribution in [0.25, 0.3) is 0 Å². The molecular formula is C11H22N2O2. The second-order valence-electron chi connectivity index (χ2n) is 4.48. The maximum absolute atomic E-state index is 12.0. The van der Waals surface area contributed by atoms with Crippen molar-refractivity contribution in [2.45, 2.75) is 38.8 Å². The van der Waals surface area contributed by atoms with Gasteiger partial charge in [0.15, 0.2) is 0 Å². The standard InChI is InChI=1S/C11H22N2O2/c1-8-4-5-9(2)13(7-8)11(14)10(6-12)15-3/h8-10H,4-7,12H2,1-3H3. The van der Waals surface area contributed by atoms with Gasteiger partial charge < -0.3 is 15.4 Å². The molecule has 0 aliphatic carbocycles. The SMILES string of the molecule is COC(CN)C(=O)N1CC(C)CCC1C. The van der Waals surface area contributed by atoms with Gasteiger partial charge in [-0.3, -0.25) is 4.79 Å². The van der Waals surface area contributed by atoms with Gasteiger partial charge in [-0.15, -0.1) is 0 Å². The van der Waals surface area contributed by atoms with Gasteiger partial charge >= 0.3 is 0 Å². The van der Waals surface area contributed by atoms with E-state index in [4.69, 9.17) is 10.5 Å². The molecule has 0 aromatic heterocycles. The van der Waals surface area contributed by atoms with E-state index in [-0.39, 0.29) is 12.5 Å². The number of methoxy groups -OCH3 is 1. The van der Waals surface area contributed by atoms with Gasteiger partial charge in [0.05, 0.1) is 0 Å². The lowest BCUT2D eigenvalue weighted by atomic mass is 9.94. The molecule has 0 aromatic rings. The Morgan fingerprint density at radius 1 is 1.53 bits per heavy atom. The maximum atomic E-state index is 12.0. The predicted octanol–water partition coefficient (Wildman–Crippen LogP) is 0.607. The van der Waals surface area contributed by atoms with Crippen LogP contribution in [0.5, 0.6) is 0 Å². The fourth-order valence-corrected chi connectivity index (χ4v) is 2.08. The van der Waals surface area contributed by atoms with E-state index in [1.165, 1.54) is 13.5 Å². The van der Waals surface area contributed by atoms with Gasteiger partial charge in [0.2, 0.25) is 0 Å². The highest BCUT2D eigenvalue weighted by molar-refractivity contribution is 5.81. The molecule has 1 rings (SSSR count). The molecule has 1 saturated heterocycles. The van der Waals surface area contributed by atoms with Gasteiger partial charge in [0.25, 0.3) is 5.91 Å². The molecule has 2 N–H and O–H groups in total. The zero-order chi connectivity index (χ0) is 11.4. The zero-order valence-electron chi connectivity index (χ0n) is 9.90. The highest BCUT2D eigenvalue weighted by Gasteiger charge is 2.30. The van der Waals surface area contributed by atoms with Crippen LogP contribution in [-0.4, -0.2) is 43.2 Å². The molecule has 0 spiro atoms. The molecule has 1 amide bonds. The lowest BCUT2D eigenvalue weighted by Crippen LogP contribution is -2.51. The maximum Gasteiger partial charge on any atom is 0.253 e. The molecule has 4 heteroatoms. The molecule has 1 aliphatic heterocycles. The Kier molecular flexibility index (Phi) is 4.54. The summed E-state index contributed by atoms with van der Waals surface area (Å²) in [5, 5.41) is 0. The van der Waals surface area contributed by atoms with Crippen molar-refractivity contribution >= 4 is 5.91 Å². The van der Waals surface area contributed by atoms with E-state index in [0.717, 1.165) is 13.0 Å². The number of carbonyl (C=O) groups is 1. The fourth-order valence-electron chi connectivity index (χ4n) is 2.08. The van der Waals surface area contributed by atoms with Crippen LogP contribution in [0.1, 0.15) is 26.7 Å². The minimum absolute atomic E-state index is 0.0408. The molecule has 88 valence electrons. The van der Waals surface area contributed by atoms with Crippen molar-refractivity contribution in [2.75, 3.05) is 20.2 Å². The number of nitrogens with zero attached hydrogens (tertiary/aromatic N) is 1. The molecule has 0 saturated carbocycles. The summed E-state index contributed by atoms with van der Waals surface area (Å²) in [7, 11) is 1.54. The molecule has 3 unspecified atom stereocenters.